The standard InChI is InChI=1S/C32H44N8/c1-10-23(20-24(11-2)36-22(5)32(6,7)8)21(4)19-25(26(33)12-3)28(34)30-37-27-13-14-35-31(29(27)38-30)40-17-15-39(9)16-18-40/h10-14,19-20,34,36H,2,4-5,15-18,33H2,1,3,6-9H3,(H,37,38)/b23-10+,24-20+,25-19+,26-12+,34-28?. The number of imidazole rings is 1. The van der Waals surface area contributed by atoms with Crippen LogP contribution in [0.3, 0.4) is 0 Å². The minimum Gasteiger partial charge on any atom is -0.398 e. The van der Waals surface area contributed by atoms with Gasteiger partial charge in [-0.3, -0.25) is 5.41 Å². The first-order valence-corrected chi connectivity index (χ1v) is 13.6. The molecule has 3 heterocycles. The number of anilines is 1. The largest absolute Gasteiger partial charge is 0.398 e. The van der Waals surface area contributed by atoms with Crippen molar-refractivity contribution in [2.24, 2.45) is 11.1 Å². The predicted octanol–water partition coefficient (Wildman–Crippen LogP) is 5.59. The molecule has 8 nitrogen and oxygen atoms in total. The van der Waals surface area contributed by atoms with E-state index in [0.29, 0.717) is 22.7 Å². The van der Waals surface area contributed by atoms with Crippen LogP contribution in [-0.2, 0) is 0 Å². The van der Waals surface area contributed by atoms with Gasteiger partial charge in [-0.05, 0) is 56.3 Å². The van der Waals surface area contributed by atoms with Crippen molar-refractivity contribution in [3.63, 3.8) is 0 Å². The second kappa shape index (κ2) is 12.8. The van der Waals surface area contributed by atoms with Gasteiger partial charge in [0, 0.05) is 60.5 Å². The smallest absolute Gasteiger partial charge is 0.157 e. The van der Waals surface area contributed by atoms with Gasteiger partial charge in [-0.15, -0.1) is 0 Å². The molecule has 0 aromatic carbocycles. The second-order valence-electron chi connectivity index (χ2n) is 11.0. The third kappa shape index (κ3) is 7.07. The number of hydrogen-bond donors (Lipinski definition) is 4. The van der Waals surface area contributed by atoms with Gasteiger partial charge in [-0.25, -0.2) is 9.97 Å². The number of nitrogens with two attached hydrogens (primary N) is 1. The maximum atomic E-state index is 9.09. The lowest BCUT2D eigenvalue weighted by atomic mass is 9.92. The number of aromatic nitrogens is 3. The summed E-state index contributed by atoms with van der Waals surface area (Å²) in [6, 6.07) is 1.89. The SMILES string of the molecule is C=C/C(=C\C(=C/C)C(=C)/C=C(C(=N)c1nc2c(N3CCN(C)CC3)nccc2[nH]1)\C(N)=C/C)NC(=C)C(C)(C)C. The van der Waals surface area contributed by atoms with Gasteiger partial charge in [-0.2, -0.15) is 0 Å². The number of piperazine rings is 1. The third-order valence-electron chi connectivity index (χ3n) is 7.04. The minimum atomic E-state index is -0.107. The summed E-state index contributed by atoms with van der Waals surface area (Å²) in [6.45, 7) is 26.2. The van der Waals surface area contributed by atoms with Crippen molar-refractivity contribution in [2.75, 3.05) is 38.1 Å². The Morgan fingerprint density at radius 1 is 1.12 bits per heavy atom. The van der Waals surface area contributed by atoms with Crippen LogP contribution in [0, 0.1) is 10.8 Å². The quantitative estimate of drug-likeness (QED) is 0.231. The summed E-state index contributed by atoms with van der Waals surface area (Å²) in [5, 5.41) is 12.4. The molecule has 0 spiro atoms. The topological polar surface area (TPSA) is 110 Å². The highest BCUT2D eigenvalue weighted by molar-refractivity contribution is 6.12. The van der Waals surface area contributed by atoms with E-state index < -0.39 is 0 Å². The Morgan fingerprint density at radius 2 is 1.80 bits per heavy atom. The normalized spacial score (nSPS) is 16.3. The van der Waals surface area contributed by atoms with Crippen LogP contribution < -0.4 is 16.0 Å². The van der Waals surface area contributed by atoms with Crippen LogP contribution in [0.25, 0.3) is 11.0 Å². The highest BCUT2D eigenvalue weighted by Gasteiger charge is 2.22. The fourth-order valence-electron chi connectivity index (χ4n) is 4.17. The van der Waals surface area contributed by atoms with Crippen molar-refractivity contribution in [1.82, 2.24) is 25.2 Å². The highest BCUT2D eigenvalue weighted by Crippen LogP contribution is 2.26. The molecule has 3 rings (SSSR count). The molecule has 0 bridgehead atoms. The number of aromatic amines is 1. The fraction of sp³-hybridized carbons (Fsp3) is 0.344. The van der Waals surface area contributed by atoms with Gasteiger partial charge in [0.2, 0.25) is 0 Å². The van der Waals surface area contributed by atoms with E-state index in [0.717, 1.165) is 60.0 Å². The minimum absolute atomic E-state index is 0.107. The molecule has 0 amide bonds. The van der Waals surface area contributed by atoms with E-state index in [1.165, 1.54) is 0 Å². The number of H-pyrrole nitrogens is 1. The summed E-state index contributed by atoms with van der Waals surface area (Å²) in [6.07, 6.45) is 11.1. The third-order valence-corrected chi connectivity index (χ3v) is 7.04. The zero-order valence-corrected chi connectivity index (χ0v) is 24.9. The molecular weight excluding hydrogens is 496 g/mol. The van der Waals surface area contributed by atoms with Crippen LogP contribution in [0.15, 0.2) is 96.2 Å². The molecule has 40 heavy (non-hydrogen) atoms. The van der Waals surface area contributed by atoms with E-state index in [4.69, 9.17) is 16.1 Å². The Bertz CT molecular complexity index is 1420. The van der Waals surface area contributed by atoms with Gasteiger partial charge in [0.1, 0.15) is 11.2 Å². The lowest BCUT2D eigenvalue weighted by molar-refractivity contribution is 0.312. The molecule has 0 atom stereocenters. The lowest BCUT2D eigenvalue weighted by Crippen LogP contribution is -2.44. The van der Waals surface area contributed by atoms with Gasteiger partial charge >= 0.3 is 0 Å². The van der Waals surface area contributed by atoms with Crippen LogP contribution in [0.5, 0.6) is 0 Å². The molecule has 2 aromatic rings. The van der Waals surface area contributed by atoms with Crippen molar-refractivity contribution >= 4 is 22.6 Å². The Balaban J connectivity index is 1.96. The molecule has 212 valence electrons. The number of nitrogens with one attached hydrogen (secondary N) is 3. The van der Waals surface area contributed by atoms with Gasteiger partial charge < -0.3 is 25.8 Å². The predicted molar refractivity (Wildman–Crippen MR) is 169 cm³/mol. The van der Waals surface area contributed by atoms with E-state index in [-0.39, 0.29) is 11.1 Å². The number of hydrogen-bond acceptors (Lipinski definition) is 7. The Hall–Kier alpha value is -4.17. The molecule has 2 aromatic heterocycles. The first kappa shape index (κ1) is 30.4. The highest BCUT2D eigenvalue weighted by atomic mass is 15.3. The Morgan fingerprint density at radius 3 is 2.38 bits per heavy atom. The van der Waals surface area contributed by atoms with Crippen molar-refractivity contribution in [3.8, 4) is 0 Å². The van der Waals surface area contributed by atoms with Gasteiger partial charge in [0.25, 0.3) is 0 Å². The molecule has 1 fully saturated rings. The van der Waals surface area contributed by atoms with E-state index >= 15 is 0 Å². The molecule has 1 aliphatic heterocycles. The first-order chi connectivity index (χ1) is 18.9. The van der Waals surface area contributed by atoms with Crippen LogP contribution in [0.1, 0.15) is 40.4 Å². The Kier molecular flexibility index (Phi) is 9.71. The van der Waals surface area contributed by atoms with E-state index in [9.17, 15) is 0 Å². The maximum Gasteiger partial charge on any atom is 0.157 e. The van der Waals surface area contributed by atoms with Gasteiger partial charge in [0.15, 0.2) is 11.6 Å². The summed E-state index contributed by atoms with van der Waals surface area (Å²) in [7, 11) is 2.12. The number of pyridine rings is 1. The van der Waals surface area contributed by atoms with E-state index in [1.807, 2.05) is 38.1 Å². The molecule has 0 radical (unpaired) electrons. The number of nitrogens with zero attached hydrogens (tertiary/aromatic N) is 4. The van der Waals surface area contributed by atoms with Gasteiger partial charge in [0.05, 0.1) is 5.52 Å². The van der Waals surface area contributed by atoms with Crippen molar-refractivity contribution < 1.29 is 0 Å². The van der Waals surface area contributed by atoms with Crippen LogP contribution in [0.2, 0.25) is 0 Å². The average Bonchev–Trinajstić information content (AvgIpc) is 3.37. The molecule has 1 saturated heterocycles. The molecule has 8 heteroatoms. The van der Waals surface area contributed by atoms with Crippen molar-refractivity contribution in [2.45, 2.75) is 34.6 Å². The number of fused-ring (bicyclic) bond motifs is 1. The first-order valence-electron chi connectivity index (χ1n) is 13.6. The molecule has 0 saturated carbocycles. The summed E-state index contributed by atoms with van der Waals surface area (Å²) < 4.78 is 0. The summed E-state index contributed by atoms with van der Waals surface area (Å²) in [5.41, 5.74) is 12.3. The zero-order chi connectivity index (χ0) is 29.6. The molecular formula is C32H44N8. The zero-order valence-electron chi connectivity index (χ0n) is 24.9. The fourth-order valence-corrected chi connectivity index (χ4v) is 4.17. The second-order valence-corrected chi connectivity index (χ2v) is 11.0. The lowest BCUT2D eigenvalue weighted by Gasteiger charge is -2.33. The van der Waals surface area contributed by atoms with Crippen molar-refractivity contribution in [3.05, 3.63) is 102 Å². The van der Waals surface area contributed by atoms with E-state index in [1.54, 1.807) is 18.3 Å². The summed E-state index contributed by atoms with van der Waals surface area (Å²) >= 11 is 0. The molecule has 1 aliphatic rings. The number of rotatable bonds is 10. The maximum absolute atomic E-state index is 9.09. The summed E-state index contributed by atoms with van der Waals surface area (Å²) in [5.74, 6) is 1.26. The molecule has 0 unspecified atom stereocenters. The Labute approximate surface area is 239 Å². The molecule has 0 aliphatic carbocycles. The van der Waals surface area contributed by atoms with E-state index in [2.05, 4.69) is 72.6 Å². The van der Waals surface area contributed by atoms with Crippen LogP contribution in [0.4, 0.5) is 5.82 Å². The van der Waals surface area contributed by atoms with Crippen LogP contribution in [-0.4, -0.2) is 58.8 Å². The van der Waals surface area contributed by atoms with Gasteiger partial charge in [-0.1, -0.05) is 52.7 Å². The van der Waals surface area contributed by atoms with Crippen LogP contribution >= 0.6 is 0 Å². The average molecular weight is 541 g/mol. The van der Waals surface area contributed by atoms with Crippen molar-refractivity contribution in [1.29, 1.82) is 5.41 Å². The monoisotopic (exact) mass is 540 g/mol. The number of likely N-dealkylation sites (N-methyl/N-ethyl adjacent to an activating group) is 1. The molecule has 5 N–H and O–H groups in total. The summed E-state index contributed by atoms with van der Waals surface area (Å²) in [4.78, 5) is 17.3. The number of allylic oxidation sites excluding steroid dienone is 9.